The lowest BCUT2D eigenvalue weighted by atomic mass is 10.0. The Bertz CT molecular complexity index is 728. The maximum atomic E-state index is 13.1. The molecule has 0 saturated heterocycles. The normalized spacial score (nSPS) is 16.5. The number of hydrogen-bond acceptors (Lipinski definition) is 2. The molecule has 136 valence electrons. The van der Waals surface area contributed by atoms with Crippen molar-refractivity contribution in [1.82, 2.24) is 0 Å². The van der Waals surface area contributed by atoms with Gasteiger partial charge in [-0.3, -0.25) is 9.59 Å². The molecule has 0 aromatic heterocycles. The Morgan fingerprint density at radius 3 is 1.23 bits per heavy atom. The summed E-state index contributed by atoms with van der Waals surface area (Å²) in [5.41, 5.74) is 2.91. The minimum absolute atomic E-state index is 0.0366. The fourth-order valence-electron chi connectivity index (χ4n) is 3.32. The first-order valence-corrected chi connectivity index (χ1v) is 9.35. The molecule has 0 N–H and O–H groups in total. The van der Waals surface area contributed by atoms with Gasteiger partial charge in [0.05, 0.1) is 0 Å². The SMILES string of the molecule is CCC(C)N1C(=O)c2ccc(cc2)C(=O)N(C(C)CC)c2ccc1cc2. The van der Waals surface area contributed by atoms with Crippen LogP contribution in [-0.2, 0) is 0 Å². The van der Waals surface area contributed by atoms with E-state index < -0.39 is 0 Å². The summed E-state index contributed by atoms with van der Waals surface area (Å²) in [6.07, 6.45) is 1.73. The van der Waals surface area contributed by atoms with E-state index in [9.17, 15) is 9.59 Å². The summed E-state index contributed by atoms with van der Waals surface area (Å²) < 4.78 is 0. The van der Waals surface area contributed by atoms with Gasteiger partial charge in [0.2, 0.25) is 0 Å². The smallest absolute Gasteiger partial charge is 0.258 e. The summed E-state index contributed by atoms with van der Waals surface area (Å²) in [7, 11) is 0. The van der Waals surface area contributed by atoms with Crippen LogP contribution in [0.3, 0.4) is 0 Å². The first-order valence-electron chi connectivity index (χ1n) is 9.35. The van der Waals surface area contributed by atoms with Gasteiger partial charge in [-0.2, -0.15) is 0 Å². The van der Waals surface area contributed by atoms with Crippen molar-refractivity contribution in [2.45, 2.75) is 52.6 Å². The molecule has 0 saturated carbocycles. The summed E-state index contributed by atoms with van der Waals surface area (Å²) in [6, 6.07) is 15.0. The number of nitrogens with zero attached hydrogens (tertiary/aromatic N) is 2. The molecule has 4 nitrogen and oxygen atoms in total. The van der Waals surface area contributed by atoms with Crippen LogP contribution >= 0.6 is 0 Å². The molecule has 2 aromatic carbocycles. The lowest BCUT2D eigenvalue weighted by Gasteiger charge is -2.32. The Morgan fingerprint density at radius 1 is 0.654 bits per heavy atom. The van der Waals surface area contributed by atoms with Crippen LogP contribution < -0.4 is 9.80 Å². The first kappa shape index (κ1) is 18.2. The predicted octanol–water partition coefficient (Wildman–Crippen LogP) is 4.89. The van der Waals surface area contributed by atoms with E-state index in [1.54, 1.807) is 24.3 Å². The Kier molecular flexibility index (Phi) is 5.12. The first-order chi connectivity index (χ1) is 12.5. The van der Waals surface area contributed by atoms with E-state index >= 15 is 0 Å². The third-order valence-electron chi connectivity index (χ3n) is 5.29. The van der Waals surface area contributed by atoms with Crippen molar-refractivity contribution in [2.75, 3.05) is 9.80 Å². The molecular weight excluding hydrogens is 324 g/mol. The van der Waals surface area contributed by atoms with Crippen molar-refractivity contribution in [2.24, 2.45) is 0 Å². The van der Waals surface area contributed by atoms with E-state index in [4.69, 9.17) is 0 Å². The largest absolute Gasteiger partial charge is 0.306 e. The molecular formula is C22H26N2O2. The quantitative estimate of drug-likeness (QED) is 0.787. The molecule has 4 aliphatic heterocycles. The Morgan fingerprint density at radius 2 is 0.962 bits per heavy atom. The molecule has 2 unspecified atom stereocenters. The Hall–Kier alpha value is -2.62. The van der Waals surface area contributed by atoms with Gasteiger partial charge < -0.3 is 9.80 Å². The van der Waals surface area contributed by atoms with E-state index in [2.05, 4.69) is 27.7 Å². The van der Waals surface area contributed by atoms with E-state index in [0.717, 1.165) is 24.2 Å². The van der Waals surface area contributed by atoms with E-state index in [1.807, 2.05) is 34.1 Å². The fourth-order valence-corrected chi connectivity index (χ4v) is 3.32. The Labute approximate surface area is 155 Å². The maximum Gasteiger partial charge on any atom is 0.258 e. The number of rotatable bonds is 4. The van der Waals surface area contributed by atoms with Gasteiger partial charge in [-0.1, -0.05) is 13.8 Å². The van der Waals surface area contributed by atoms with E-state index in [-0.39, 0.29) is 23.9 Å². The van der Waals surface area contributed by atoms with Crippen LogP contribution in [0.25, 0.3) is 0 Å². The van der Waals surface area contributed by atoms with Gasteiger partial charge in [-0.25, -0.2) is 0 Å². The zero-order valence-electron chi connectivity index (χ0n) is 15.9. The maximum absolute atomic E-state index is 13.1. The number of hydrogen-bond donors (Lipinski definition) is 0. The highest BCUT2D eigenvalue weighted by Crippen LogP contribution is 2.29. The van der Waals surface area contributed by atoms with Crippen molar-refractivity contribution < 1.29 is 9.59 Å². The van der Waals surface area contributed by atoms with Gasteiger partial charge in [0, 0.05) is 34.6 Å². The second kappa shape index (κ2) is 7.32. The minimum atomic E-state index is -0.0366. The second-order valence-electron chi connectivity index (χ2n) is 6.96. The minimum Gasteiger partial charge on any atom is -0.306 e. The molecule has 0 aliphatic carbocycles. The molecule has 0 spiro atoms. The van der Waals surface area contributed by atoms with Crippen LogP contribution in [0.15, 0.2) is 48.5 Å². The third kappa shape index (κ3) is 3.12. The zero-order valence-corrected chi connectivity index (χ0v) is 15.9. The van der Waals surface area contributed by atoms with Crippen molar-refractivity contribution >= 4 is 23.2 Å². The van der Waals surface area contributed by atoms with Gasteiger partial charge >= 0.3 is 0 Å². The molecule has 2 atom stereocenters. The van der Waals surface area contributed by atoms with Crippen LogP contribution in [0, 0.1) is 0 Å². The lowest BCUT2D eigenvalue weighted by Crippen LogP contribution is -2.40. The summed E-state index contributed by atoms with van der Waals surface area (Å²) in [6.45, 7) is 8.27. The summed E-state index contributed by atoms with van der Waals surface area (Å²) >= 11 is 0. The molecule has 6 rings (SSSR count). The summed E-state index contributed by atoms with van der Waals surface area (Å²) in [5, 5.41) is 0. The topological polar surface area (TPSA) is 40.6 Å². The molecule has 2 aromatic rings. The number of anilines is 2. The van der Waals surface area contributed by atoms with Gasteiger partial charge in [-0.05, 0) is 75.2 Å². The van der Waals surface area contributed by atoms with Crippen LogP contribution in [0.1, 0.15) is 61.3 Å². The summed E-state index contributed by atoms with van der Waals surface area (Å²) in [5.74, 6) is -0.0732. The molecule has 0 fully saturated rings. The van der Waals surface area contributed by atoms with Gasteiger partial charge in [-0.15, -0.1) is 0 Å². The van der Waals surface area contributed by atoms with Crippen molar-refractivity contribution in [1.29, 1.82) is 0 Å². The molecule has 4 heterocycles. The van der Waals surface area contributed by atoms with Gasteiger partial charge in [0.25, 0.3) is 11.8 Å². The highest BCUT2D eigenvalue weighted by molar-refractivity contribution is 6.10. The second-order valence-corrected chi connectivity index (χ2v) is 6.96. The fraction of sp³-hybridized carbons (Fsp3) is 0.364. The lowest BCUT2D eigenvalue weighted by molar-refractivity contribution is 0.0965. The zero-order chi connectivity index (χ0) is 18.8. The van der Waals surface area contributed by atoms with Crippen LogP contribution in [0.5, 0.6) is 0 Å². The van der Waals surface area contributed by atoms with Gasteiger partial charge in [0.15, 0.2) is 0 Å². The monoisotopic (exact) mass is 350 g/mol. The van der Waals surface area contributed by atoms with Crippen LogP contribution in [0.4, 0.5) is 11.4 Å². The van der Waals surface area contributed by atoms with Crippen molar-refractivity contribution in [3.05, 3.63) is 59.7 Å². The highest BCUT2D eigenvalue weighted by atomic mass is 16.2. The number of benzene rings is 2. The predicted molar refractivity (Wildman–Crippen MR) is 106 cm³/mol. The molecule has 0 radical (unpaired) electrons. The molecule has 26 heavy (non-hydrogen) atoms. The summed E-state index contributed by atoms with van der Waals surface area (Å²) in [4.78, 5) is 29.9. The van der Waals surface area contributed by atoms with Crippen LogP contribution in [-0.4, -0.2) is 23.9 Å². The molecule has 4 bridgehead atoms. The molecule has 4 heteroatoms. The highest BCUT2D eigenvalue weighted by Gasteiger charge is 2.27. The third-order valence-corrected chi connectivity index (χ3v) is 5.29. The number of amides is 2. The number of carbonyl (C=O) groups excluding carboxylic acids is 2. The Balaban J connectivity index is 2.20. The van der Waals surface area contributed by atoms with E-state index in [1.165, 1.54) is 0 Å². The standard InChI is InChI=1S/C22H26N2O2/c1-5-15(3)23-19-11-13-20(14-12-19)24(16(4)6-2)22(26)18-9-7-17(8-10-18)21(23)25/h7-16H,5-6H2,1-4H3. The van der Waals surface area contributed by atoms with Crippen molar-refractivity contribution in [3.63, 3.8) is 0 Å². The molecule has 4 aliphatic rings. The number of carbonyl (C=O) groups is 2. The average Bonchev–Trinajstić information content (AvgIpc) is 2.68. The van der Waals surface area contributed by atoms with Crippen molar-refractivity contribution in [3.8, 4) is 0 Å². The molecule has 2 amide bonds. The van der Waals surface area contributed by atoms with Gasteiger partial charge in [0.1, 0.15) is 0 Å². The van der Waals surface area contributed by atoms with E-state index in [0.29, 0.717) is 11.1 Å². The van der Waals surface area contributed by atoms with Crippen LogP contribution in [0.2, 0.25) is 0 Å². The average molecular weight is 350 g/mol.